The van der Waals surface area contributed by atoms with Crippen LogP contribution in [0.4, 0.5) is 5.69 Å². The SMILES string of the molecule is Cc1ccc(N)cc1S(=O)(=O)NC1CCCC1(C)C. The van der Waals surface area contributed by atoms with Gasteiger partial charge >= 0.3 is 0 Å². The molecule has 5 heteroatoms. The van der Waals surface area contributed by atoms with E-state index in [0.29, 0.717) is 5.69 Å². The first-order valence-electron chi connectivity index (χ1n) is 6.61. The molecular formula is C14H22N2O2S. The predicted molar refractivity (Wildman–Crippen MR) is 77.3 cm³/mol. The van der Waals surface area contributed by atoms with Gasteiger partial charge in [-0.2, -0.15) is 0 Å². The molecule has 0 spiro atoms. The van der Waals surface area contributed by atoms with E-state index in [0.717, 1.165) is 24.8 Å². The Bertz CT molecular complexity index is 579. The van der Waals surface area contributed by atoms with Gasteiger partial charge in [-0.15, -0.1) is 0 Å². The van der Waals surface area contributed by atoms with Crippen molar-refractivity contribution in [1.82, 2.24) is 4.72 Å². The molecule has 1 saturated carbocycles. The standard InChI is InChI=1S/C14H22N2O2S/c1-10-6-7-11(15)9-12(10)19(17,18)16-13-5-4-8-14(13,2)3/h6-7,9,13,16H,4-5,8,15H2,1-3H3. The normalized spacial score (nSPS) is 22.6. The third-order valence-electron chi connectivity index (χ3n) is 4.06. The molecule has 3 N–H and O–H groups in total. The fourth-order valence-electron chi connectivity index (χ4n) is 2.70. The maximum absolute atomic E-state index is 12.5. The summed E-state index contributed by atoms with van der Waals surface area (Å²) in [5, 5.41) is 0. The first-order chi connectivity index (χ1) is 8.72. The van der Waals surface area contributed by atoms with Crippen LogP contribution in [-0.2, 0) is 10.0 Å². The van der Waals surface area contributed by atoms with Crippen LogP contribution in [-0.4, -0.2) is 14.5 Å². The summed E-state index contributed by atoms with van der Waals surface area (Å²) in [5.74, 6) is 0. The summed E-state index contributed by atoms with van der Waals surface area (Å²) < 4.78 is 27.8. The molecule has 1 aromatic carbocycles. The van der Waals surface area contributed by atoms with Gasteiger partial charge in [-0.3, -0.25) is 0 Å². The fraction of sp³-hybridized carbons (Fsp3) is 0.571. The molecular weight excluding hydrogens is 260 g/mol. The summed E-state index contributed by atoms with van der Waals surface area (Å²) >= 11 is 0. The fourth-order valence-corrected chi connectivity index (χ4v) is 4.42. The number of aryl methyl sites for hydroxylation is 1. The predicted octanol–water partition coefficient (Wildman–Crippen LogP) is 2.43. The molecule has 4 nitrogen and oxygen atoms in total. The number of nitrogens with one attached hydrogen (secondary N) is 1. The van der Waals surface area contributed by atoms with E-state index in [1.54, 1.807) is 19.1 Å². The highest BCUT2D eigenvalue weighted by atomic mass is 32.2. The lowest BCUT2D eigenvalue weighted by Crippen LogP contribution is -2.41. The van der Waals surface area contributed by atoms with Crippen LogP contribution in [0.2, 0.25) is 0 Å². The van der Waals surface area contributed by atoms with Crippen molar-refractivity contribution in [2.24, 2.45) is 5.41 Å². The summed E-state index contributed by atoms with van der Waals surface area (Å²) in [6.07, 6.45) is 3.01. The van der Waals surface area contributed by atoms with Crippen molar-refractivity contribution in [2.45, 2.75) is 51.0 Å². The minimum absolute atomic E-state index is 0.00155. The van der Waals surface area contributed by atoms with E-state index in [1.807, 2.05) is 0 Å². The van der Waals surface area contributed by atoms with Gasteiger partial charge in [0.1, 0.15) is 0 Å². The van der Waals surface area contributed by atoms with E-state index < -0.39 is 10.0 Å². The van der Waals surface area contributed by atoms with E-state index in [9.17, 15) is 8.42 Å². The highest BCUT2D eigenvalue weighted by Gasteiger charge is 2.37. The Balaban J connectivity index is 2.31. The van der Waals surface area contributed by atoms with Crippen molar-refractivity contribution < 1.29 is 8.42 Å². The Morgan fingerprint density at radius 2 is 2.05 bits per heavy atom. The van der Waals surface area contributed by atoms with Crippen LogP contribution in [0.15, 0.2) is 23.1 Å². The van der Waals surface area contributed by atoms with Crippen LogP contribution in [0.3, 0.4) is 0 Å². The van der Waals surface area contributed by atoms with Crippen molar-refractivity contribution in [3.05, 3.63) is 23.8 Å². The molecule has 0 amide bonds. The number of nitrogen functional groups attached to an aromatic ring is 1. The third kappa shape index (κ3) is 2.92. The molecule has 1 unspecified atom stereocenters. The van der Waals surface area contributed by atoms with Crippen LogP contribution in [0.5, 0.6) is 0 Å². The zero-order valence-corrected chi connectivity index (χ0v) is 12.5. The number of benzene rings is 1. The number of hydrogen-bond acceptors (Lipinski definition) is 3. The quantitative estimate of drug-likeness (QED) is 0.836. The largest absolute Gasteiger partial charge is 0.399 e. The highest BCUT2D eigenvalue weighted by molar-refractivity contribution is 7.89. The van der Waals surface area contributed by atoms with Crippen LogP contribution < -0.4 is 10.5 Å². The number of rotatable bonds is 3. The minimum atomic E-state index is -3.50. The van der Waals surface area contributed by atoms with Crippen LogP contribution in [0, 0.1) is 12.3 Å². The van der Waals surface area contributed by atoms with E-state index in [1.165, 1.54) is 6.07 Å². The second-order valence-electron chi connectivity index (χ2n) is 6.08. The zero-order chi connectivity index (χ0) is 14.3. The highest BCUT2D eigenvalue weighted by Crippen LogP contribution is 2.38. The summed E-state index contributed by atoms with van der Waals surface area (Å²) in [4.78, 5) is 0.287. The van der Waals surface area contributed by atoms with E-state index in [2.05, 4.69) is 18.6 Å². The maximum Gasteiger partial charge on any atom is 0.241 e. The molecule has 106 valence electrons. The van der Waals surface area contributed by atoms with Crippen molar-refractivity contribution in [1.29, 1.82) is 0 Å². The second kappa shape index (κ2) is 4.80. The molecule has 2 rings (SSSR count). The van der Waals surface area contributed by atoms with Gasteiger partial charge in [0.25, 0.3) is 0 Å². The number of sulfonamides is 1. The van der Waals surface area contributed by atoms with Gasteiger partial charge in [0, 0.05) is 11.7 Å². The average molecular weight is 282 g/mol. The van der Waals surface area contributed by atoms with Crippen molar-refractivity contribution in [2.75, 3.05) is 5.73 Å². The Kier molecular flexibility index (Phi) is 3.62. The van der Waals surface area contributed by atoms with Crippen LogP contribution in [0.1, 0.15) is 38.7 Å². The summed E-state index contributed by atoms with van der Waals surface area (Å²) in [7, 11) is -3.50. The lowest BCUT2D eigenvalue weighted by Gasteiger charge is -2.27. The summed E-state index contributed by atoms with van der Waals surface area (Å²) in [5.41, 5.74) is 6.90. The van der Waals surface area contributed by atoms with Gasteiger partial charge < -0.3 is 5.73 Å². The maximum atomic E-state index is 12.5. The topological polar surface area (TPSA) is 72.2 Å². The van der Waals surface area contributed by atoms with Gasteiger partial charge in [0.15, 0.2) is 0 Å². The van der Waals surface area contributed by atoms with E-state index >= 15 is 0 Å². The van der Waals surface area contributed by atoms with Gasteiger partial charge in [-0.05, 0) is 42.9 Å². The van der Waals surface area contributed by atoms with Gasteiger partial charge in [0.2, 0.25) is 10.0 Å². The zero-order valence-electron chi connectivity index (χ0n) is 11.7. The van der Waals surface area contributed by atoms with Crippen molar-refractivity contribution >= 4 is 15.7 Å². The smallest absolute Gasteiger partial charge is 0.241 e. The molecule has 1 aromatic rings. The van der Waals surface area contributed by atoms with Gasteiger partial charge in [-0.1, -0.05) is 26.3 Å². The number of nitrogens with two attached hydrogens (primary N) is 1. The summed E-state index contributed by atoms with van der Waals surface area (Å²) in [6.45, 7) is 6.01. The minimum Gasteiger partial charge on any atom is -0.399 e. The Morgan fingerprint density at radius 1 is 1.37 bits per heavy atom. The Labute approximate surface area is 115 Å². The molecule has 0 aromatic heterocycles. The third-order valence-corrected chi connectivity index (χ3v) is 5.67. The first-order valence-corrected chi connectivity index (χ1v) is 8.09. The Morgan fingerprint density at radius 3 is 2.63 bits per heavy atom. The molecule has 0 heterocycles. The van der Waals surface area contributed by atoms with E-state index in [4.69, 9.17) is 5.73 Å². The van der Waals surface area contributed by atoms with Gasteiger partial charge in [-0.25, -0.2) is 13.1 Å². The molecule has 1 aliphatic rings. The van der Waals surface area contributed by atoms with Crippen molar-refractivity contribution in [3.63, 3.8) is 0 Å². The summed E-state index contributed by atoms with van der Waals surface area (Å²) in [6, 6.07) is 4.98. The van der Waals surface area contributed by atoms with Crippen LogP contribution in [0.25, 0.3) is 0 Å². The van der Waals surface area contributed by atoms with Crippen LogP contribution >= 0.6 is 0 Å². The average Bonchev–Trinajstić information content (AvgIpc) is 2.61. The molecule has 1 fully saturated rings. The first kappa shape index (κ1) is 14.3. The lowest BCUT2D eigenvalue weighted by molar-refractivity contribution is 0.313. The molecule has 0 saturated heterocycles. The second-order valence-corrected chi connectivity index (χ2v) is 7.76. The lowest BCUT2D eigenvalue weighted by atomic mass is 9.88. The van der Waals surface area contributed by atoms with E-state index in [-0.39, 0.29) is 16.4 Å². The molecule has 19 heavy (non-hydrogen) atoms. The monoisotopic (exact) mass is 282 g/mol. The Hall–Kier alpha value is -1.07. The molecule has 0 radical (unpaired) electrons. The molecule has 0 aliphatic heterocycles. The molecule has 0 bridgehead atoms. The molecule has 1 aliphatic carbocycles. The van der Waals surface area contributed by atoms with Gasteiger partial charge in [0.05, 0.1) is 4.90 Å². The molecule has 1 atom stereocenters. The number of hydrogen-bond donors (Lipinski definition) is 2. The number of anilines is 1. The van der Waals surface area contributed by atoms with Crippen molar-refractivity contribution in [3.8, 4) is 0 Å².